The van der Waals surface area contributed by atoms with Crippen molar-refractivity contribution in [3.05, 3.63) is 51.3 Å². The number of benzene rings is 1. The molecule has 1 atom stereocenters. The summed E-state index contributed by atoms with van der Waals surface area (Å²) in [4.78, 5) is 13.1. The van der Waals surface area contributed by atoms with E-state index in [0.717, 1.165) is 17.0 Å². The molecular weight excluding hydrogens is 308 g/mol. The number of rotatable bonds is 4. The van der Waals surface area contributed by atoms with Crippen molar-refractivity contribution in [1.29, 1.82) is 0 Å². The van der Waals surface area contributed by atoms with Gasteiger partial charge in [-0.3, -0.25) is 14.8 Å². The summed E-state index contributed by atoms with van der Waals surface area (Å²) < 4.78 is 7.81. The van der Waals surface area contributed by atoms with Gasteiger partial charge in [-0.1, -0.05) is 12.1 Å². The van der Waals surface area contributed by atoms with E-state index in [0.29, 0.717) is 31.9 Å². The second kappa shape index (κ2) is 6.60. The molecule has 7 nitrogen and oxygen atoms in total. The summed E-state index contributed by atoms with van der Waals surface area (Å²) in [7, 11) is 0. The number of morpholine rings is 1. The number of aromatic nitrogens is 2. The summed E-state index contributed by atoms with van der Waals surface area (Å²) in [5.74, 6) is 0. The molecule has 1 aromatic heterocycles. The van der Waals surface area contributed by atoms with Gasteiger partial charge in [-0.2, -0.15) is 5.10 Å². The van der Waals surface area contributed by atoms with Crippen LogP contribution in [0.4, 0.5) is 11.4 Å². The third kappa shape index (κ3) is 3.26. The van der Waals surface area contributed by atoms with Crippen LogP contribution in [0.5, 0.6) is 0 Å². The molecule has 1 unspecified atom stereocenters. The quantitative estimate of drug-likeness (QED) is 0.636. The van der Waals surface area contributed by atoms with Crippen molar-refractivity contribution in [1.82, 2.24) is 9.78 Å². The topological polar surface area (TPSA) is 73.4 Å². The van der Waals surface area contributed by atoms with Gasteiger partial charge in [0, 0.05) is 24.8 Å². The van der Waals surface area contributed by atoms with Crippen LogP contribution in [0.3, 0.4) is 0 Å². The smallest absolute Gasteiger partial charge is 0.292 e. The van der Waals surface area contributed by atoms with Crippen molar-refractivity contribution in [3.8, 4) is 0 Å². The maximum absolute atomic E-state index is 11.4. The van der Waals surface area contributed by atoms with Gasteiger partial charge in [-0.05, 0) is 32.4 Å². The molecule has 2 aromatic rings. The number of aryl methyl sites for hydroxylation is 3. The zero-order chi connectivity index (χ0) is 17.3. The highest BCUT2D eigenvalue weighted by molar-refractivity contribution is 5.67. The van der Waals surface area contributed by atoms with Crippen LogP contribution in [0.1, 0.15) is 17.0 Å². The van der Waals surface area contributed by atoms with Gasteiger partial charge in [0.25, 0.3) is 5.69 Å². The molecule has 0 spiro atoms. The van der Waals surface area contributed by atoms with Crippen molar-refractivity contribution in [2.45, 2.75) is 33.4 Å². The first-order valence-electron chi connectivity index (χ1n) is 8.07. The van der Waals surface area contributed by atoms with Crippen LogP contribution >= 0.6 is 0 Å². The molecule has 128 valence electrons. The highest BCUT2D eigenvalue weighted by Gasteiger charge is 2.27. The standard InChI is InChI=1S/C17H22N4O3/c1-12-5-4-6-16(21(22)23)17(12)19-7-8-24-15(10-19)11-20-14(3)9-13(2)18-20/h4-6,9,15H,7-8,10-11H2,1-3H3. The Balaban J connectivity index is 1.81. The second-order valence-electron chi connectivity index (χ2n) is 6.25. The summed E-state index contributed by atoms with van der Waals surface area (Å²) in [6.07, 6.45) is -0.0454. The van der Waals surface area contributed by atoms with E-state index in [2.05, 4.69) is 10.00 Å². The van der Waals surface area contributed by atoms with Crippen LogP contribution in [-0.2, 0) is 11.3 Å². The molecule has 24 heavy (non-hydrogen) atoms. The number of anilines is 1. The summed E-state index contributed by atoms with van der Waals surface area (Å²) >= 11 is 0. The summed E-state index contributed by atoms with van der Waals surface area (Å²) in [6, 6.07) is 7.24. The predicted octanol–water partition coefficient (Wildman–Crippen LogP) is 2.62. The van der Waals surface area contributed by atoms with Crippen molar-refractivity contribution in [2.75, 3.05) is 24.6 Å². The van der Waals surface area contributed by atoms with E-state index in [-0.39, 0.29) is 16.7 Å². The lowest BCUT2D eigenvalue weighted by Gasteiger charge is -2.35. The van der Waals surface area contributed by atoms with Crippen LogP contribution < -0.4 is 4.90 Å². The van der Waals surface area contributed by atoms with Gasteiger partial charge < -0.3 is 9.64 Å². The fourth-order valence-electron chi connectivity index (χ4n) is 3.29. The summed E-state index contributed by atoms with van der Waals surface area (Å²) in [5, 5.41) is 15.8. The van der Waals surface area contributed by atoms with Crippen molar-refractivity contribution < 1.29 is 9.66 Å². The fourth-order valence-corrected chi connectivity index (χ4v) is 3.29. The molecule has 0 saturated carbocycles. The average molecular weight is 330 g/mol. The summed E-state index contributed by atoms with van der Waals surface area (Å²) in [6.45, 7) is 8.36. The maximum Gasteiger partial charge on any atom is 0.292 e. The number of nitro groups is 1. The van der Waals surface area contributed by atoms with Crippen LogP contribution in [-0.4, -0.2) is 40.5 Å². The van der Waals surface area contributed by atoms with E-state index in [9.17, 15) is 10.1 Å². The lowest BCUT2D eigenvalue weighted by Crippen LogP contribution is -2.45. The third-order valence-electron chi connectivity index (χ3n) is 4.35. The first-order chi connectivity index (χ1) is 11.5. The average Bonchev–Trinajstić information content (AvgIpc) is 2.84. The first kappa shape index (κ1) is 16.4. The number of nitrogens with zero attached hydrogens (tertiary/aromatic N) is 4. The van der Waals surface area contributed by atoms with Crippen molar-refractivity contribution >= 4 is 11.4 Å². The van der Waals surface area contributed by atoms with Gasteiger partial charge in [0.1, 0.15) is 5.69 Å². The third-order valence-corrected chi connectivity index (χ3v) is 4.35. The Morgan fingerprint density at radius 3 is 2.83 bits per heavy atom. The SMILES string of the molecule is Cc1cc(C)n(CC2CN(c3c(C)cccc3[N+](=O)[O-])CCO2)n1. The van der Waals surface area contributed by atoms with Crippen molar-refractivity contribution in [3.63, 3.8) is 0 Å². The van der Waals surface area contributed by atoms with Crippen LogP contribution in [0.15, 0.2) is 24.3 Å². The number of hydrogen-bond donors (Lipinski definition) is 0. The van der Waals surface area contributed by atoms with E-state index in [1.54, 1.807) is 12.1 Å². The first-order valence-corrected chi connectivity index (χ1v) is 8.07. The molecule has 0 bridgehead atoms. The van der Waals surface area contributed by atoms with E-state index in [1.807, 2.05) is 37.6 Å². The van der Waals surface area contributed by atoms with Crippen molar-refractivity contribution in [2.24, 2.45) is 0 Å². The minimum atomic E-state index is -0.312. The van der Waals surface area contributed by atoms with E-state index in [4.69, 9.17) is 4.74 Å². The van der Waals surface area contributed by atoms with Crippen LogP contribution in [0.2, 0.25) is 0 Å². The largest absolute Gasteiger partial charge is 0.373 e. The molecule has 0 amide bonds. The molecule has 1 aliphatic rings. The Morgan fingerprint density at radius 1 is 1.38 bits per heavy atom. The summed E-state index contributed by atoms with van der Waals surface area (Å²) in [5.41, 5.74) is 3.84. The van der Waals surface area contributed by atoms with Gasteiger partial charge in [0.2, 0.25) is 0 Å². The Labute approximate surface area is 141 Å². The van der Waals surface area contributed by atoms with E-state index in [1.165, 1.54) is 0 Å². The van der Waals surface area contributed by atoms with Gasteiger partial charge in [-0.15, -0.1) is 0 Å². The maximum atomic E-state index is 11.4. The normalized spacial score (nSPS) is 18.0. The van der Waals surface area contributed by atoms with Gasteiger partial charge in [0.15, 0.2) is 0 Å². The lowest BCUT2D eigenvalue weighted by molar-refractivity contribution is -0.384. The highest BCUT2D eigenvalue weighted by Crippen LogP contribution is 2.32. The molecule has 1 aliphatic heterocycles. The minimum Gasteiger partial charge on any atom is -0.373 e. The van der Waals surface area contributed by atoms with E-state index >= 15 is 0 Å². The van der Waals surface area contributed by atoms with Crippen LogP contribution in [0.25, 0.3) is 0 Å². The van der Waals surface area contributed by atoms with Gasteiger partial charge >= 0.3 is 0 Å². The Morgan fingerprint density at radius 2 is 2.17 bits per heavy atom. The molecule has 1 aromatic carbocycles. The molecule has 3 rings (SSSR count). The zero-order valence-corrected chi connectivity index (χ0v) is 14.2. The fraction of sp³-hybridized carbons (Fsp3) is 0.471. The Bertz CT molecular complexity index is 756. The lowest BCUT2D eigenvalue weighted by atomic mass is 10.1. The van der Waals surface area contributed by atoms with E-state index < -0.39 is 0 Å². The second-order valence-corrected chi connectivity index (χ2v) is 6.25. The highest BCUT2D eigenvalue weighted by atomic mass is 16.6. The number of para-hydroxylation sites is 1. The number of hydrogen-bond acceptors (Lipinski definition) is 5. The molecule has 7 heteroatoms. The van der Waals surface area contributed by atoms with Gasteiger partial charge in [-0.25, -0.2) is 0 Å². The monoisotopic (exact) mass is 330 g/mol. The molecule has 1 saturated heterocycles. The molecule has 0 N–H and O–H groups in total. The molecule has 2 heterocycles. The minimum absolute atomic E-state index is 0.0454. The number of nitro benzene ring substituents is 1. The number of ether oxygens (including phenoxy) is 1. The molecular formula is C17H22N4O3. The molecule has 0 radical (unpaired) electrons. The Kier molecular flexibility index (Phi) is 4.53. The predicted molar refractivity (Wildman–Crippen MR) is 91.5 cm³/mol. The zero-order valence-electron chi connectivity index (χ0n) is 14.2. The van der Waals surface area contributed by atoms with Crippen LogP contribution in [0, 0.1) is 30.9 Å². The Hall–Kier alpha value is -2.41. The molecule has 1 fully saturated rings. The van der Waals surface area contributed by atoms with Gasteiger partial charge in [0.05, 0.1) is 29.9 Å². The molecule has 0 aliphatic carbocycles.